The average molecular weight is 318 g/mol. The average Bonchev–Trinajstić information content (AvgIpc) is 2.42. The number of nitrogens with zero attached hydrogens (tertiary/aromatic N) is 1. The minimum atomic E-state index is 0.168. The standard InChI is InChI=1S/C13H18BrClN2/c1-17-7-3-2-4-12(16)13(17)10-6-5-9(14)8-11(10)15/h5-6,8,12-13H,2-4,7,16H2,1H3. The molecule has 94 valence electrons. The fourth-order valence-electron chi connectivity index (χ4n) is 2.57. The second-order valence-corrected chi connectivity index (χ2v) is 6.07. The number of rotatable bonds is 1. The van der Waals surface area contributed by atoms with Crippen LogP contribution >= 0.6 is 27.5 Å². The number of likely N-dealkylation sites (N-methyl/N-ethyl adjacent to an activating group) is 1. The summed E-state index contributed by atoms with van der Waals surface area (Å²) in [5.41, 5.74) is 7.44. The van der Waals surface area contributed by atoms with Crippen molar-refractivity contribution in [3.8, 4) is 0 Å². The highest BCUT2D eigenvalue weighted by Crippen LogP contribution is 2.34. The summed E-state index contributed by atoms with van der Waals surface area (Å²) in [5.74, 6) is 0. The van der Waals surface area contributed by atoms with Gasteiger partial charge in [0.25, 0.3) is 0 Å². The van der Waals surface area contributed by atoms with Gasteiger partial charge in [-0.3, -0.25) is 4.90 Å². The van der Waals surface area contributed by atoms with Gasteiger partial charge < -0.3 is 5.73 Å². The Morgan fingerprint density at radius 1 is 1.41 bits per heavy atom. The first-order chi connectivity index (χ1) is 8.09. The number of benzene rings is 1. The maximum atomic E-state index is 6.33. The van der Waals surface area contributed by atoms with Crippen LogP contribution in [0.1, 0.15) is 30.9 Å². The van der Waals surface area contributed by atoms with Gasteiger partial charge in [-0.05, 0) is 44.1 Å². The largest absolute Gasteiger partial charge is 0.326 e. The zero-order chi connectivity index (χ0) is 12.4. The molecule has 0 spiro atoms. The Kier molecular flexibility index (Phi) is 4.47. The van der Waals surface area contributed by atoms with E-state index in [0.717, 1.165) is 28.0 Å². The molecule has 1 saturated heterocycles. The predicted octanol–water partition coefficient (Wildman–Crippen LogP) is 3.59. The molecule has 1 fully saturated rings. The highest BCUT2D eigenvalue weighted by atomic mass is 79.9. The number of nitrogens with two attached hydrogens (primary N) is 1. The summed E-state index contributed by atoms with van der Waals surface area (Å²) in [7, 11) is 2.13. The molecular formula is C13H18BrClN2. The van der Waals surface area contributed by atoms with E-state index in [1.54, 1.807) is 0 Å². The number of likely N-dealkylation sites (tertiary alicyclic amines) is 1. The lowest BCUT2D eigenvalue weighted by atomic mass is 9.96. The van der Waals surface area contributed by atoms with Crippen molar-refractivity contribution in [1.29, 1.82) is 0 Å². The second kappa shape index (κ2) is 5.70. The molecule has 1 heterocycles. The summed E-state index contributed by atoms with van der Waals surface area (Å²) in [6, 6.07) is 6.47. The number of hydrogen-bond donors (Lipinski definition) is 1. The summed E-state index contributed by atoms with van der Waals surface area (Å²) < 4.78 is 1.01. The number of halogens is 2. The molecule has 1 aliphatic heterocycles. The topological polar surface area (TPSA) is 29.3 Å². The monoisotopic (exact) mass is 316 g/mol. The fourth-order valence-corrected chi connectivity index (χ4v) is 3.36. The van der Waals surface area contributed by atoms with Crippen molar-refractivity contribution in [2.24, 2.45) is 5.73 Å². The Morgan fingerprint density at radius 2 is 2.18 bits per heavy atom. The van der Waals surface area contributed by atoms with Crippen LogP contribution in [0.3, 0.4) is 0 Å². The summed E-state index contributed by atoms with van der Waals surface area (Å²) >= 11 is 9.77. The van der Waals surface area contributed by atoms with Gasteiger partial charge >= 0.3 is 0 Å². The van der Waals surface area contributed by atoms with Crippen LogP contribution in [-0.4, -0.2) is 24.5 Å². The quantitative estimate of drug-likeness (QED) is 0.857. The molecule has 4 heteroatoms. The third-order valence-electron chi connectivity index (χ3n) is 3.46. The molecule has 2 N–H and O–H groups in total. The lowest BCUT2D eigenvalue weighted by Gasteiger charge is -2.31. The van der Waals surface area contributed by atoms with Crippen LogP contribution in [0.2, 0.25) is 5.02 Å². The Balaban J connectivity index is 2.34. The van der Waals surface area contributed by atoms with E-state index in [9.17, 15) is 0 Å². The zero-order valence-corrected chi connectivity index (χ0v) is 12.3. The van der Waals surface area contributed by atoms with E-state index in [1.807, 2.05) is 12.1 Å². The van der Waals surface area contributed by atoms with Gasteiger partial charge in [0, 0.05) is 15.5 Å². The maximum Gasteiger partial charge on any atom is 0.0511 e. The van der Waals surface area contributed by atoms with E-state index < -0.39 is 0 Å². The Labute approximate surface area is 116 Å². The summed E-state index contributed by atoms with van der Waals surface area (Å²) in [6.45, 7) is 1.09. The molecule has 0 aromatic heterocycles. The Hall–Kier alpha value is -0.0900. The predicted molar refractivity (Wildman–Crippen MR) is 76.3 cm³/mol. The Bertz CT molecular complexity index is 385. The molecule has 2 unspecified atom stereocenters. The molecule has 0 radical (unpaired) electrons. The first-order valence-corrected chi connectivity index (χ1v) is 7.17. The van der Waals surface area contributed by atoms with E-state index in [-0.39, 0.29) is 12.1 Å². The molecule has 0 bridgehead atoms. The zero-order valence-electron chi connectivity index (χ0n) is 10.00. The van der Waals surface area contributed by atoms with Crippen molar-refractivity contribution in [3.63, 3.8) is 0 Å². The molecule has 1 aliphatic rings. The van der Waals surface area contributed by atoms with E-state index in [2.05, 4.69) is 33.9 Å². The van der Waals surface area contributed by atoms with Gasteiger partial charge in [0.2, 0.25) is 0 Å². The van der Waals surface area contributed by atoms with Gasteiger partial charge in [-0.25, -0.2) is 0 Å². The lowest BCUT2D eigenvalue weighted by Crippen LogP contribution is -2.37. The molecule has 2 atom stereocenters. The minimum Gasteiger partial charge on any atom is -0.326 e. The van der Waals surface area contributed by atoms with Crippen molar-refractivity contribution in [2.75, 3.05) is 13.6 Å². The van der Waals surface area contributed by atoms with Crippen LogP contribution in [0.4, 0.5) is 0 Å². The van der Waals surface area contributed by atoms with Gasteiger partial charge in [-0.1, -0.05) is 40.0 Å². The summed E-state index contributed by atoms with van der Waals surface area (Å²) in [5, 5.41) is 0.800. The number of hydrogen-bond acceptors (Lipinski definition) is 2. The molecule has 0 amide bonds. The highest BCUT2D eigenvalue weighted by molar-refractivity contribution is 9.10. The lowest BCUT2D eigenvalue weighted by molar-refractivity contribution is 0.230. The smallest absolute Gasteiger partial charge is 0.0511 e. The molecule has 0 saturated carbocycles. The Morgan fingerprint density at radius 3 is 2.88 bits per heavy atom. The summed E-state index contributed by atoms with van der Waals surface area (Å²) in [6.07, 6.45) is 3.49. The first-order valence-electron chi connectivity index (χ1n) is 6.00. The second-order valence-electron chi connectivity index (χ2n) is 4.75. The van der Waals surface area contributed by atoms with Crippen molar-refractivity contribution < 1.29 is 0 Å². The SMILES string of the molecule is CN1CCCCC(N)C1c1ccc(Br)cc1Cl. The molecule has 1 aromatic carbocycles. The first kappa shape index (κ1) is 13.3. The molecule has 17 heavy (non-hydrogen) atoms. The maximum absolute atomic E-state index is 6.33. The van der Waals surface area contributed by atoms with Crippen molar-refractivity contribution in [1.82, 2.24) is 4.90 Å². The summed E-state index contributed by atoms with van der Waals surface area (Å²) in [4.78, 5) is 2.33. The van der Waals surface area contributed by atoms with Crippen LogP contribution in [-0.2, 0) is 0 Å². The third kappa shape index (κ3) is 3.02. The van der Waals surface area contributed by atoms with Gasteiger partial charge in [0.05, 0.1) is 6.04 Å². The van der Waals surface area contributed by atoms with E-state index in [0.29, 0.717) is 0 Å². The molecule has 1 aromatic rings. The van der Waals surface area contributed by atoms with Gasteiger partial charge in [0.1, 0.15) is 0 Å². The van der Waals surface area contributed by atoms with Crippen LogP contribution in [0.5, 0.6) is 0 Å². The molecule has 0 aliphatic carbocycles. The van der Waals surface area contributed by atoms with Crippen molar-refractivity contribution in [3.05, 3.63) is 33.3 Å². The molecule has 2 nitrogen and oxygen atoms in total. The van der Waals surface area contributed by atoms with Crippen LogP contribution < -0.4 is 5.73 Å². The minimum absolute atomic E-state index is 0.168. The van der Waals surface area contributed by atoms with E-state index in [4.69, 9.17) is 17.3 Å². The van der Waals surface area contributed by atoms with Gasteiger partial charge in [0.15, 0.2) is 0 Å². The normalized spacial score (nSPS) is 26.8. The van der Waals surface area contributed by atoms with Gasteiger partial charge in [-0.15, -0.1) is 0 Å². The van der Waals surface area contributed by atoms with Crippen molar-refractivity contribution >= 4 is 27.5 Å². The highest BCUT2D eigenvalue weighted by Gasteiger charge is 2.27. The van der Waals surface area contributed by atoms with Crippen LogP contribution in [0, 0.1) is 0 Å². The molecule has 2 rings (SSSR count). The van der Waals surface area contributed by atoms with E-state index >= 15 is 0 Å². The van der Waals surface area contributed by atoms with Crippen LogP contribution in [0.15, 0.2) is 22.7 Å². The molecular weight excluding hydrogens is 300 g/mol. The van der Waals surface area contributed by atoms with Crippen molar-refractivity contribution in [2.45, 2.75) is 31.3 Å². The third-order valence-corrected chi connectivity index (χ3v) is 4.28. The van der Waals surface area contributed by atoms with E-state index in [1.165, 1.54) is 12.8 Å². The fraction of sp³-hybridized carbons (Fsp3) is 0.538. The van der Waals surface area contributed by atoms with Gasteiger partial charge in [-0.2, -0.15) is 0 Å². The van der Waals surface area contributed by atoms with Crippen LogP contribution in [0.25, 0.3) is 0 Å².